The Bertz CT molecular complexity index is 1030. The third-order valence-corrected chi connectivity index (χ3v) is 5.67. The van der Waals surface area contributed by atoms with E-state index in [9.17, 15) is 34.8 Å². The Morgan fingerprint density at radius 2 is 1.71 bits per heavy atom. The van der Waals surface area contributed by atoms with E-state index in [1.165, 1.54) is 6.07 Å². The van der Waals surface area contributed by atoms with E-state index in [0.29, 0.717) is 0 Å². The molecule has 5 nitrogen and oxygen atoms in total. The zero-order chi connectivity index (χ0) is 23.6. The topological polar surface area (TPSA) is 58.6 Å². The average molecular weight is 491 g/mol. The fraction of sp³-hybridized carbons (Fsp3) is 0.333. The highest BCUT2D eigenvalue weighted by Gasteiger charge is 2.33. The van der Waals surface area contributed by atoms with Gasteiger partial charge < -0.3 is 9.64 Å². The lowest BCUT2D eigenvalue weighted by Crippen LogP contribution is -2.35. The molecule has 0 saturated heterocycles. The van der Waals surface area contributed by atoms with Crippen LogP contribution in [-0.4, -0.2) is 40.3 Å². The molecule has 13 heteroatoms. The van der Waals surface area contributed by atoms with Crippen LogP contribution in [0.3, 0.4) is 0 Å². The van der Waals surface area contributed by atoms with Crippen LogP contribution in [-0.2, 0) is 16.2 Å². The molecular weight excluding hydrogens is 474 g/mol. The molecule has 2 aromatic carbocycles. The lowest BCUT2D eigenvalue weighted by atomic mass is 10.0. The molecule has 0 spiro atoms. The molecule has 0 aliphatic rings. The molecule has 1 atom stereocenters. The first-order valence-electron chi connectivity index (χ1n) is 8.48. The van der Waals surface area contributed by atoms with Gasteiger partial charge in [-0.25, -0.2) is 13.1 Å². The number of ether oxygens (including phenoxy) is 1. The number of rotatable bonds is 7. The van der Waals surface area contributed by atoms with Gasteiger partial charge in [0.2, 0.25) is 10.0 Å². The minimum atomic E-state index is -5.03. The highest BCUT2D eigenvalue weighted by atomic mass is 35.5. The summed E-state index contributed by atoms with van der Waals surface area (Å²) in [6.07, 6.45) is -9.65. The number of hydrogen-bond acceptors (Lipinski definition) is 4. The fourth-order valence-electron chi connectivity index (χ4n) is 2.62. The van der Waals surface area contributed by atoms with Crippen LogP contribution in [0.4, 0.5) is 26.3 Å². The molecule has 0 radical (unpaired) electrons. The summed E-state index contributed by atoms with van der Waals surface area (Å²) in [6, 6.07) is 5.39. The quantitative estimate of drug-likeness (QED) is 0.564. The largest absolute Gasteiger partial charge is 0.573 e. The molecule has 0 aromatic heterocycles. The van der Waals surface area contributed by atoms with Crippen molar-refractivity contribution in [2.75, 3.05) is 20.6 Å². The Hall–Kier alpha value is -2.02. The first-order valence-corrected chi connectivity index (χ1v) is 10.3. The summed E-state index contributed by atoms with van der Waals surface area (Å²) < 4.78 is 108. The minimum Gasteiger partial charge on any atom is -0.404 e. The number of nitrogens with one attached hydrogen (secondary N) is 1. The van der Waals surface area contributed by atoms with Crippen LogP contribution in [0.1, 0.15) is 17.2 Å². The number of halogens is 7. The lowest BCUT2D eigenvalue weighted by molar-refractivity contribution is -0.274. The van der Waals surface area contributed by atoms with E-state index in [-0.39, 0.29) is 12.1 Å². The maximum Gasteiger partial charge on any atom is 0.573 e. The van der Waals surface area contributed by atoms with Crippen LogP contribution < -0.4 is 9.46 Å². The van der Waals surface area contributed by atoms with Crippen molar-refractivity contribution >= 4 is 21.6 Å². The molecule has 0 unspecified atom stereocenters. The van der Waals surface area contributed by atoms with Crippen LogP contribution in [0, 0.1) is 0 Å². The molecule has 0 aliphatic heterocycles. The Morgan fingerprint density at radius 1 is 1.06 bits per heavy atom. The van der Waals surface area contributed by atoms with E-state index < -0.39 is 49.8 Å². The highest BCUT2D eigenvalue weighted by molar-refractivity contribution is 7.89. The second-order valence-electron chi connectivity index (χ2n) is 6.70. The monoisotopic (exact) mass is 490 g/mol. The summed E-state index contributed by atoms with van der Waals surface area (Å²) in [5, 5.41) is -0.608. The van der Waals surface area contributed by atoms with Crippen LogP contribution in [0.5, 0.6) is 5.75 Å². The first kappa shape index (κ1) is 25.2. The molecule has 1 N–H and O–H groups in total. The first-order chi connectivity index (χ1) is 14.1. The molecule has 2 rings (SSSR count). The van der Waals surface area contributed by atoms with Crippen molar-refractivity contribution in [3.63, 3.8) is 0 Å². The van der Waals surface area contributed by atoms with Gasteiger partial charge in [-0.15, -0.1) is 13.2 Å². The third-order valence-electron chi connectivity index (χ3n) is 3.90. The van der Waals surface area contributed by atoms with Crippen LogP contribution in [0.25, 0.3) is 0 Å². The predicted molar refractivity (Wildman–Crippen MR) is 101 cm³/mol. The second-order valence-corrected chi connectivity index (χ2v) is 8.82. The van der Waals surface area contributed by atoms with Gasteiger partial charge in [-0.2, -0.15) is 13.2 Å². The van der Waals surface area contributed by atoms with Crippen molar-refractivity contribution in [1.82, 2.24) is 9.62 Å². The SMILES string of the molecule is CN(C)C[C@@H](NS(=O)(=O)c1ccc(OC(F)(F)F)c(Cl)c1)c1cccc(C(F)(F)F)c1. The van der Waals surface area contributed by atoms with Gasteiger partial charge in [-0.05, 0) is 50.0 Å². The molecule has 0 amide bonds. The normalized spacial score (nSPS) is 14.0. The Labute approximate surface area is 179 Å². The molecule has 0 saturated carbocycles. The van der Waals surface area contributed by atoms with E-state index in [0.717, 1.165) is 36.4 Å². The summed E-state index contributed by atoms with van der Waals surface area (Å²) in [7, 11) is -1.18. The number of nitrogens with zero attached hydrogens (tertiary/aromatic N) is 1. The summed E-state index contributed by atoms with van der Waals surface area (Å²) in [5.41, 5.74) is -0.903. The zero-order valence-corrected chi connectivity index (χ0v) is 17.6. The van der Waals surface area contributed by atoms with E-state index in [2.05, 4.69) is 9.46 Å². The van der Waals surface area contributed by atoms with Crippen molar-refractivity contribution in [2.24, 2.45) is 0 Å². The molecule has 0 aliphatic carbocycles. The van der Waals surface area contributed by atoms with E-state index in [1.807, 2.05) is 0 Å². The zero-order valence-electron chi connectivity index (χ0n) is 16.1. The second kappa shape index (κ2) is 9.23. The van der Waals surface area contributed by atoms with E-state index in [4.69, 9.17) is 11.6 Å². The van der Waals surface area contributed by atoms with Crippen molar-refractivity contribution in [1.29, 1.82) is 0 Å². The molecule has 0 bridgehead atoms. The summed E-state index contributed by atoms with van der Waals surface area (Å²) in [4.78, 5) is 1.07. The van der Waals surface area contributed by atoms with E-state index in [1.54, 1.807) is 19.0 Å². The van der Waals surface area contributed by atoms with Crippen LogP contribution in [0.2, 0.25) is 5.02 Å². The molecule has 0 fully saturated rings. The standard InChI is InChI=1S/C18H17ClF6N2O3S/c1-27(2)10-15(11-4-3-5-12(8-11)17(20,21)22)26-31(28,29)13-6-7-16(14(19)9-13)30-18(23,24)25/h3-9,15,26H,10H2,1-2H3/t15-/m1/s1. The number of likely N-dealkylation sites (N-methyl/N-ethyl adjacent to an activating group) is 1. The van der Waals surface area contributed by atoms with Crippen molar-refractivity contribution in [2.45, 2.75) is 23.5 Å². The van der Waals surface area contributed by atoms with Gasteiger partial charge in [0, 0.05) is 6.54 Å². The molecular formula is C18H17ClF6N2O3S. The number of hydrogen-bond donors (Lipinski definition) is 1. The number of alkyl halides is 6. The summed E-state index contributed by atoms with van der Waals surface area (Å²) in [5.74, 6) is -0.796. The third kappa shape index (κ3) is 7.27. The van der Waals surface area contributed by atoms with Crippen molar-refractivity contribution in [3.8, 4) is 5.75 Å². The van der Waals surface area contributed by atoms with Gasteiger partial charge in [-0.1, -0.05) is 23.7 Å². The van der Waals surface area contributed by atoms with Crippen LogP contribution in [0.15, 0.2) is 47.4 Å². The van der Waals surface area contributed by atoms with Gasteiger partial charge in [0.1, 0.15) is 5.75 Å². The van der Waals surface area contributed by atoms with Gasteiger partial charge in [-0.3, -0.25) is 0 Å². The molecule has 31 heavy (non-hydrogen) atoms. The average Bonchev–Trinajstić information content (AvgIpc) is 2.60. The Morgan fingerprint density at radius 3 is 2.23 bits per heavy atom. The van der Waals surface area contributed by atoms with E-state index >= 15 is 0 Å². The summed E-state index contributed by atoms with van der Waals surface area (Å²) in [6.45, 7) is 0.00351. The number of benzene rings is 2. The van der Waals surface area contributed by atoms with Crippen molar-refractivity contribution < 1.29 is 39.5 Å². The van der Waals surface area contributed by atoms with Gasteiger partial charge >= 0.3 is 12.5 Å². The molecule has 0 heterocycles. The minimum absolute atomic E-state index is 0.00351. The molecule has 172 valence electrons. The highest BCUT2D eigenvalue weighted by Crippen LogP contribution is 2.33. The van der Waals surface area contributed by atoms with Gasteiger partial charge in [0.15, 0.2) is 0 Å². The smallest absolute Gasteiger partial charge is 0.404 e. The van der Waals surface area contributed by atoms with Gasteiger partial charge in [0.25, 0.3) is 0 Å². The Balaban J connectivity index is 2.38. The number of sulfonamides is 1. The fourth-order valence-corrected chi connectivity index (χ4v) is 4.14. The van der Waals surface area contributed by atoms with Crippen molar-refractivity contribution in [3.05, 3.63) is 58.6 Å². The Kier molecular flexibility index (Phi) is 7.51. The summed E-state index contributed by atoms with van der Waals surface area (Å²) >= 11 is 5.70. The molecule has 2 aromatic rings. The maximum absolute atomic E-state index is 13.0. The van der Waals surface area contributed by atoms with Gasteiger partial charge in [0.05, 0.1) is 21.5 Å². The predicted octanol–water partition coefficient (Wildman–Crippen LogP) is 4.84. The van der Waals surface area contributed by atoms with Crippen LogP contribution >= 0.6 is 11.6 Å². The lowest BCUT2D eigenvalue weighted by Gasteiger charge is -2.23. The maximum atomic E-state index is 13.0.